The number of sulfonamides is 1. The molecular formula is C21H39N3O4S2. The molecule has 2 N–H and O–H groups in total. The van der Waals surface area contributed by atoms with Gasteiger partial charge < -0.3 is 10.1 Å². The van der Waals surface area contributed by atoms with Gasteiger partial charge in [0.05, 0.1) is 6.26 Å². The lowest BCUT2D eigenvalue weighted by Crippen LogP contribution is -2.50. The van der Waals surface area contributed by atoms with Gasteiger partial charge in [-0.3, -0.25) is 9.62 Å². The van der Waals surface area contributed by atoms with Crippen LogP contribution in [0.3, 0.4) is 0 Å². The molecule has 0 saturated carbocycles. The van der Waals surface area contributed by atoms with Gasteiger partial charge in [0.2, 0.25) is 10.0 Å². The summed E-state index contributed by atoms with van der Waals surface area (Å²) in [6.45, 7) is 14.7. The van der Waals surface area contributed by atoms with Crippen molar-refractivity contribution >= 4 is 35.3 Å². The van der Waals surface area contributed by atoms with E-state index in [1.807, 2.05) is 32.9 Å². The van der Waals surface area contributed by atoms with Gasteiger partial charge in [0.25, 0.3) is 0 Å². The van der Waals surface area contributed by atoms with Gasteiger partial charge in [0.15, 0.2) is 0 Å². The van der Waals surface area contributed by atoms with Crippen molar-refractivity contribution in [1.29, 1.82) is 0 Å². The van der Waals surface area contributed by atoms with Crippen LogP contribution in [0.5, 0.6) is 0 Å². The molecule has 0 spiro atoms. The highest BCUT2D eigenvalue weighted by Crippen LogP contribution is 2.15. The number of nitrogens with zero attached hydrogens (tertiary/aromatic N) is 1. The van der Waals surface area contributed by atoms with E-state index in [4.69, 9.17) is 4.74 Å². The summed E-state index contributed by atoms with van der Waals surface area (Å²) in [6, 6.07) is 7.70. The quantitative estimate of drug-likeness (QED) is 0.585. The standard InChI is InChI=1S/C21H37N3O4S.H2S/c1-15(2)24(16(3)4)14-19(22-20(25)28-21(5,6)7)13-17-9-11-18(12-10-17)23-29(8,26)27;/h9-12,15-16,19,23H,13-14H2,1-8H3,(H,22,25);1H2/t19-;/m0./s1. The molecule has 0 radical (unpaired) electrons. The molecule has 1 atom stereocenters. The monoisotopic (exact) mass is 461 g/mol. The minimum atomic E-state index is -3.31. The first-order valence-electron chi connectivity index (χ1n) is 9.98. The molecule has 0 aliphatic heterocycles. The summed E-state index contributed by atoms with van der Waals surface area (Å²) in [5.41, 5.74) is 0.945. The predicted octanol–water partition coefficient (Wildman–Crippen LogP) is 3.73. The Labute approximate surface area is 189 Å². The van der Waals surface area contributed by atoms with Gasteiger partial charge >= 0.3 is 6.09 Å². The molecule has 0 fully saturated rings. The summed E-state index contributed by atoms with van der Waals surface area (Å²) >= 11 is 0. The van der Waals surface area contributed by atoms with E-state index in [-0.39, 0.29) is 19.5 Å². The zero-order chi connectivity index (χ0) is 22.4. The molecule has 0 aliphatic rings. The molecular weight excluding hydrogens is 422 g/mol. The molecule has 0 aromatic heterocycles. The fourth-order valence-corrected chi connectivity index (χ4v) is 3.68. The normalized spacial score (nSPS) is 13.2. The highest BCUT2D eigenvalue weighted by molar-refractivity contribution is 7.92. The van der Waals surface area contributed by atoms with Crippen LogP contribution in [0.1, 0.15) is 54.0 Å². The van der Waals surface area contributed by atoms with E-state index in [9.17, 15) is 13.2 Å². The molecule has 1 amide bonds. The average molecular weight is 462 g/mol. The molecule has 1 aromatic carbocycles. The van der Waals surface area contributed by atoms with Crippen LogP contribution in [0.4, 0.5) is 10.5 Å². The van der Waals surface area contributed by atoms with Gasteiger partial charge in [-0.1, -0.05) is 12.1 Å². The Morgan fingerprint density at radius 1 is 1.07 bits per heavy atom. The van der Waals surface area contributed by atoms with Crippen LogP contribution in [0.2, 0.25) is 0 Å². The number of carbonyl (C=O) groups is 1. The zero-order valence-electron chi connectivity index (χ0n) is 19.4. The maximum Gasteiger partial charge on any atom is 0.407 e. The third-order valence-electron chi connectivity index (χ3n) is 4.22. The van der Waals surface area contributed by atoms with E-state index >= 15 is 0 Å². The minimum Gasteiger partial charge on any atom is -0.444 e. The number of carbonyl (C=O) groups excluding carboxylic acids is 1. The maximum atomic E-state index is 12.4. The van der Waals surface area contributed by atoms with E-state index in [0.29, 0.717) is 30.7 Å². The second kappa shape index (κ2) is 11.8. The van der Waals surface area contributed by atoms with Crippen molar-refractivity contribution in [3.8, 4) is 0 Å². The lowest BCUT2D eigenvalue weighted by atomic mass is 10.0. The summed E-state index contributed by atoms with van der Waals surface area (Å²) in [4.78, 5) is 14.7. The van der Waals surface area contributed by atoms with E-state index in [1.165, 1.54) is 0 Å². The van der Waals surface area contributed by atoms with Gasteiger partial charge in [-0.05, 0) is 72.6 Å². The smallest absolute Gasteiger partial charge is 0.407 e. The predicted molar refractivity (Wildman–Crippen MR) is 129 cm³/mol. The number of hydrogen-bond acceptors (Lipinski definition) is 5. The Balaban J connectivity index is 0.00000841. The zero-order valence-corrected chi connectivity index (χ0v) is 21.3. The Bertz CT molecular complexity index is 749. The Morgan fingerprint density at radius 3 is 1.97 bits per heavy atom. The van der Waals surface area contributed by atoms with Gasteiger partial charge in [0, 0.05) is 30.4 Å². The van der Waals surface area contributed by atoms with E-state index in [1.54, 1.807) is 12.1 Å². The molecule has 9 heteroatoms. The number of ether oxygens (including phenoxy) is 1. The summed E-state index contributed by atoms with van der Waals surface area (Å²) in [5, 5.41) is 3.00. The molecule has 7 nitrogen and oxygen atoms in total. The van der Waals surface area contributed by atoms with Crippen LogP contribution in [0.15, 0.2) is 24.3 Å². The van der Waals surface area contributed by atoms with Crippen LogP contribution in [0.25, 0.3) is 0 Å². The fraction of sp³-hybridized carbons (Fsp3) is 0.667. The first-order chi connectivity index (χ1) is 13.2. The van der Waals surface area contributed by atoms with Gasteiger partial charge in [0.1, 0.15) is 5.60 Å². The molecule has 0 heterocycles. The number of hydrogen-bond donors (Lipinski definition) is 2. The average Bonchev–Trinajstić information content (AvgIpc) is 2.50. The third kappa shape index (κ3) is 11.7. The van der Waals surface area contributed by atoms with Crippen LogP contribution < -0.4 is 10.0 Å². The van der Waals surface area contributed by atoms with Gasteiger partial charge in [-0.2, -0.15) is 13.5 Å². The first kappa shape index (κ1) is 28.5. The summed E-state index contributed by atoms with van der Waals surface area (Å²) in [6.07, 6.45) is 1.29. The summed E-state index contributed by atoms with van der Waals surface area (Å²) in [5.74, 6) is 0. The number of benzene rings is 1. The summed E-state index contributed by atoms with van der Waals surface area (Å²) < 4.78 is 30.6. The molecule has 0 saturated heterocycles. The van der Waals surface area contributed by atoms with E-state index in [0.717, 1.165) is 11.8 Å². The number of amides is 1. The van der Waals surface area contributed by atoms with Gasteiger partial charge in [-0.25, -0.2) is 13.2 Å². The van der Waals surface area contributed by atoms with Crippen molar-refractivity contribution in [3.63, 3.8) is 0 Å². The lowest BCUT2D eigenvalue weighted by Gasteiger charge is -2.34. The number of nitrogens with one attached hydrogen (secondary N) is 2. The highest BCUT2D eigenvalue weighted by atomic mass is 32.2. The second-order valence-corrected chi connectivity index (χ2v) is 10.8. The Morgan fingerprint density at radius 2 is 1.57 bits per heavy atom. The molecule has 30 heavy (non-hydrogen) atoms. The Kier molecular flexibility index (Phi) is 11.2. The van der Waals surface area contributed by atoms with Crippen molar-refractivity contribution in [2.75, 3.05) is 17.5 Å². The number of rotatable bonds is 9. The molecule has 0 unspecified atom stereocenters. The molecule has 1 rings (SSSR count). The SMILES string of the molecule is CC(C)N(C[C@H](Cc1ccc(NS(C)(=O)=O)cc1)NC(=O)OC(C)(C)C)C(C)C.S. The summed E-state index contributed by atoms with van der Waals surface area (Å²) in [7, 11) is -3.31. The van der Waals surface area contributed by atoms with Crippen molar-refractivity contribution in [1.82, 2.24) is 10.2 Å². The minimum absolute atomic E-state index is 0. The third-order valence-corrected chi connectivity index (χ3v) is 4.82. The largest absolute Gasteiger partial charge is 0.444 e. The molecule has 1 aromatic rings. The lowest BCUT2D eigenvalue weighted by molar-refractivity contribution is 0.0477. The van der Waals surface area contributed by atoms with Crippen LogP contribution in [-0.2, 0) is 21.2 Å². The van der Waals surface area contributed by atoms with Crippen LogP contribution in [0, 0.1) is 0 Å². The van der Waals surface area contributed by atoms with Crippen molar-refractivity contribution < 1.29 is 17.9 Å². The molecule has 0 aliphatic carbocycles. The highest BCUT2D eigenvalue weighted by Gasteiger charge is 2.24. The molecule has 174 valence electrons. The van der Waals surface area contributed by atoms with Crippen LogP contribution in [-0.4, -0.2) is 55.9 Å². The second-order valence-electron chi connectivity index (χ2n) is 9.00. The van der Waals surface area contributed by atoms with Gasteiger partial charge in [-0.15, -0.1) is 0 Å². The Hall–Kier alpha value is -1.45. The topological polar surface area (TPSA) is 87.7 Å². The first-order valence-corrected chi connectivity index (χ1v) is 11.9. The maximum absolute atomic E-state index is 12.4. The number of anilines is 1. The van der Waals surface area contributed by atoms with E-state index < -0.39 is 21.7 Å². The molecule has 0 bridgehead atoms. The van der Waals surface area contributed by atoms with Crippen LogP contribution >= 0.6 is 13.5 Å². The number of alkyl carbamates (subject to hydrolysis) is 1. The van der Waals surface area contributed by atoms with E-state index in [2.05, 4.69) is 42.6 Å². The van der Waals surface area contributed by atoms with Crippen molar-refractivity contribution in [2.45, 2.75) is 78.6 Å². The van der Waals surface area contributed by atoms with Crippen molar-refractivity contribution in [2.24, 2.45) is 0 Å². The van der Waals surface area contributed by atoms with Crippen molar-refractivity contribution in [3.05, 3.63) is 29.8 Å². The fourth-order valence-electron chi connectivity index (χ4n) is 3.12.